The molecule has 0 radical (unpaired) electrons. The average Bonchev–Trinajstić information content (AvgIpc) is 2.31. The summed E-state index contributed by atoms with van der Waals surface area (Å²) in [6.07, 6.45) is 3.59. The molecule has 1 aromatic rings. The highest BCUT2D eigenvalue weighted by atomic mass is 35.5. The third kappa shape index (κ3) is 2.94. The molecule has 0 aliphatic heterocycles. The van der Waals surface area contributed by atoms with Crippen LogP contribution in [0.15, 0.2) is 0 Å². The van der Waals surface area contributed by atoms with Crippen LogP contribution in [0.4, 0.5) is 0 Å². The Bertz CT molecular complexity index is 436. The lowest BCUT2D eigenvalue weighted by molar-refractivity contribution is 0.0959. The van der Waals surface area contributed by atoms with E-state index < -0.39 is 0 Å². The molecule has 0 N–H and O–H groups in total. The Hall–Kier alpha value is -0.830. The Morgan fingerprint density at radius 3 is 2.39 bits per heavy atom. The van der Waals surface area contributed by atoms with Gasteiger partial charge in [0.25, 0.3) is 5.88 Å². The van der Waals surface area contributed by atoms with Gasteiger partial charge in [-0.1, -0.05) is 25.4 Å². The maximum atomic E-state index is 6.09. The summed E-state index contributed by atoms with van der Waals surface area (Å²) in [5.41, 5.74) is 1.74. The van der Waals surface area contributed by atoms with Gasteiger partial charge in [-0.2, -0.15) is 0 Å². The summed E-state index contributed by atoms with van der Waals surface area (Å²) in [6.45, 7) is 8.43. The lowest BCUT2D eigenvalue weighted by Crippen LogP contribution is -2.29. The second-order valence-electron chi connectivity index (χ2n) is 5.50. The highest BCUT2D eigenvalue weighted by molar-refractivity contribution is 6.30. The zero-order valence-electron chi connectivity index (χ0n) is 11.5. The van der Waals surface area contributed by atoms with Crippen molar-refractivity contribution in [2.24, 2.45) is 11.8 Å². The van der Waals surface area contributed by atoms with Crippen LogP contribution in [-0.2, 0) is 0 Å². The fourth-order valence-electron chi connectivity index (χ4n) is 2.39. The average molecular weight is 269 g/mol. The number of hydrogen-bond acceptors (Lipinski definition) is 3. The normalized spacial score (nSPS) is 28.2. The summed E-state index contributed by atoms with van der Waals surface area (Å²) in [5.74, 6) is 1.97. The van der Waals surface area contributed by atoms with Crippen molar-refractivity contribution in [3.8, 4) is 5.88 Å². The number of halogens is 1. The summed E-state index contributed by atoms with van der Waals surface area (Å²) in [7, 11) is 0. The van der Waals surface area contributed by atoms with Crippen molar-refractivity contribution < 1.29 is 4.74 Å². The zero-order valence-corrected chi connectivity index (χ0v) is 12.3. The van der Waals surface area contributed by atoms with Gasteiger partial charge in [-0.05, 0) is 44.9 Å². The van der Waals surface area contributed by atoms with Crippen LogP contribution in [0.3, 0.4) is 0 Å². The van der Waals surface area contributed by atoms with Crippen LogP contribution in [0.25, 0.3) is 0 Å². The minimum absolute atomic E-state index is 0.227. The fourth-order valence-corrected chi connectivity index (χ4v) is 2.61. The number of aryl methyl sites for hydroxylation is 2. The van der Waals surface area contributed by atoms with Gasteiger partial charge in [-0.3, -0.25) is 0 Å². The quantitative estimate of drug-likeness (QED) is 0.815. The van der Waals surface area contributed by atoms with E-state index in [1.165, 1.54) is 6.42 Å². The van der Waals surface area contributed by atoms with Crippen LogP contribution in [0.2, 0.25) is 5.15 Å². The molecule has 0 spiro atoms. The lowest BCUT2D eigenvalue weighted by atomic mass is 9.80. The van der Waals surface area contributed by atoms with E-state index in [1.54, 1.807) is 0 Å². The van der Waals surface area contributed by atoms with Crippen molar-refractivity contribution in [3.05, 3.63) is 16.5 Å². The standard InChI is InChI=1S/C14H21ClN2O/c1-8-5-6-12(7-9(8)2)18-14-13(15)16-10(3)11(4)17-14/h8-9,12H,5-7H2,1-4H3. The number of aromatic nitrogens is 2. The zero-order chi connectivity index (χ0) is 13.3. The summed E-state index contributed by atoms with van der Waals surface area (Å²) in [5, 5.41) is 0.379. The maximum Gasteiger partial charge on any atom is 0.252 e. The van der Waals surface area contributed by atoms with Gasteiger partial charge < -0.3 is 4.74 Å². The van der Waals surface area contributed by atoms with E-state index >= 15 is 0 Å². The molecule has 0 saturated heterocycles. The van der Waals surface area contributed by atoms with E-state index in [0.717, 1.165) is 30.1 Å². The molecule has 3 atom stereocenters. The van der Waals surface area contributed by atoms with Gasteiger partial charge in [0.2, 0.25) is 0 Å². The van der Waals surface area contributed by atoms with Crippen molar-refractivity contribution in [2.45, 2.75) is 53.1 Å². The van der Waals surface area contributed by atoms with E-state index in [0.29, 0.717) is 17.0 Å². The Kier molecular flexibility index (Phi) is 4.10. The minimum Gasteiger partial charge on any atom is -0.472 e. The Morgan fingerprint density at radius 1 is 1.06 bits per heavy atom. The minimum atomic E-state index is 0.227. The van der Waals surface area contributed by atoms with E-state index in [4.69, 9.17) is 16.3 Å². The molecule has 1 aliphatic rings. The van der Waals surface area contributed by atoms with E-state index in [2.05, 4.69) is 23.8 Å². The molecule has 0 aromatic carbocycles. The van der Waals surface area contributed by atoms with Crippen LogP contribution >= 0.6 is 11.6 Å². The van der Waals surface area contributed by atoms with E-state index in [1.807, 2.05) is 13.8 Å². The van der Waals surface area contributed by atoms with Crippen molar-refractivity contribution in [1.29, 1.82) is 0 Å². The second-order valence-corrected chi connectivity index (χ2v) is 5.86. The third-order valence-corrected chi connectivity index (χ3v) is 4.31. The molecule has 1 heterocycles. The molecule has 1 aliphatic carbocycles. The molecule has 18 heavy (non-hydrogen) atoms. The maximum absolute atomic E-state index is 6.09. The van der Waals surface area contributed by atoms with E-state index in [-0.39, 0.29) is 6.10 Å². The van der Waals surface area contributed by atoms with E-state index in [9.17, 15) is 0 Å². The van der Waals surface area contributed by atoms with Crippen molar-refractivity contribution in [3.63, 3.8) is 0 Å². The highest BCUT2D eigenvalue weighted by Gasteiger charge is 2.26. The molecule has 1 aromatic heterocycles. The molecule has 1 saturated carbocycles. The van der Waals surface area contributed by atoms with Crippen LogP contribution in [0.5, 0.6) is 5.88 Å². The van der Waals surface area contributed by atoms with Gasteiger partial charge in [0.05, 0.1) is 11.4 Å². The third-order valence-electron chi connectivity index (χ3n) is 4.06. The molecular formula is C14H21ClN2O. The van der Waals surface area contributed by atoms with Gasteiger partial charge >= 0.3 is 0 Å². The molecule has 100 valence electrons. The Morgan fingerprint density at radius 2 is 1.72 bits per heavy atom. The number of ether oxygens (including phenoxy) is 1. The predicted molar refractivity (Wildman–Crippen MR) is 73.1 cm³/mol. The number of rotatable bonds is 2. The monoisotopic (exact) mass is 268 g/mol. The van der Waals surface area contributed by atoms with Gasteiger partial charge in [0.1, 0.15) is 6.10 Å². The summed E-state index contributed by atoms with van der Waals surface area (Å²) >= 11 is 6.09. The lowest BCUT2D eigenvalue weighted by Gasteiger charge is -2.32. The molecule has 0 bridgehead atoms. The van der Waals surface area contributed by atoms with Gasteiger partial charge in [-0.25, -0.2) is 9.97 Å². The first-order valence-electron chi connectivity index (χ1n) is 6.64. The topological polar surface area (TPSA) is 35.0 Å². The molecule has 1 fully saturated rings. The first-order chi connectivity index (χ1) is 8.47. The van der Waals surface area contributed by atoms with Crippen molar-refractivity contribution >= 4 is 11.6 Å². The van der Waals surface area contributed by atoms with Gasteiger partial charge in [0.15, 0.2) is 5.15 Å². The van der Waals surface area contributed by atoms with Crippen LogP contribution < -0.4 is 4.74 Å². The molecule has 2 rings (SSSR count). The fraction of sp³-hybridized carbons (Fsp3) is 0.714. The van der Waals surface area contributed by atoms with Gasteiger partial charge in [-0.15, -0.1) is 0 Å². The van der Waals surface area contributed by atoms with Crippen LogP contribution in [0, 0.1) is 25.7 Å². The smallest absolute Gasteiger partial charge is 0.252 e. The van der Waals surface area contributed by atoms with Crippen LogP contribution in [0.1, 0.15) is 44.5 Å². The molecule has 3 nitrogen and oxygen atoms in total. The SMILES string of the molecule is Cc1nc(Cl)c(OC2CCC(C)C(C)C2)nc1C. The number of nitrogens with zero attached hydrogens (tertiary/aromatic N) is 2. The Balaban J connectivity index is 2.08. The molecular weight excluding hydrogens is 248 g/mol. The second kappa shape index (κ2) is 5.43. The Labute approximate surface area is 114 Å². The van der Waals surface area contributed by atoms with Gasteiger partial charge in [0, 0.05) is 0 Å². The molecule has 3 unspecified atom stereocenters. The first kappa shape index (κ1) is 13.6. The summed E-state index contributed by atoms with van der Waals surface area (Å²) in [4.78, 5) is 8.64. The molecule has 4 heteroatoms. The summed E-state index contributed by atoms with van der Waals surface area (Å²) < 4.78 is 5.94. The van der Waals surface area contributed by atoms with Crippen molar-refractivity contribution in [1.82, 2.24) is 9.97 Å². The largest absolute Gasteiger partial charge is 0.472 e. The predicted octanol–water partition coefficient (Wildman–Crippen LogP) is 3.95. The summed E-state index contributed by atoms with van der Waals surface area (Å²) in [6, 6.07) is 0. The number of hydrogen-bond donors (Lipinski definition) is 0. The highest BCUT2D eigenvalue weighted by Crippen LogP contribution is 2.32. The first-order valence-corrected chi connectivity index (χ1v) is 7.02. The van der Waals surface area contributed by atoms with Crippen LogP contribution in [-0.4, -0.2) is 16.1 Å². The molecule has 0 amide bonds. The van der Waals surface area contributed by atoms with Crippen molar-refractivity contribution in [2.75, 3.05) is 0 Å².